The van der Waals surface area contributed by atoms with Crippen molar-refractivity contribution < 1.29 is 31.2 Å². The summed E-state index contributed by atoms with van der Waals surface area (Å²) in [6, 6.07) is 8.51. The number of benzene rings is 2. The zero-order chi connectivity index (χ0) is 23.4. The van der Waals surface area contributed by atoms with Crippen molar-refractivity contribution in [2.24, 2.45) is 0 Å². The third-order valence-electron chi connectivity index (χ3n) is 4.40. The van der Waals surface area contributed by atoms with Crippen LogP contribution in [-0.4, -0.2) is 38.0 Å². The molecule has 0 aliphatic rings. The molecule has 0 aliphatic heterocycles. The number of nitrogens with zero attached hydrogens (tertiary/aromatic N) is 1. The molecule has 6 nitrogen and oxygen atoms in total. The van der Waals surface area contributed by atoms with E-state index >= 15 is 0 Å². The number of amides is 1. The number of halogens is 4. The molecule has 0 radical (unpaired) electrons. The van der Waals surface area contributed by atoms with Crippen LogP contribution < -0.4 is 5.32 Å². The Kier molecular flexibility index (Phi) is 7.85. The van der Waals surface area contributed by atoms with E-state index in [0.29, 0.717) is 5.56 Å². The zero-order valence-electron chi connectivity index (χ0n) is 16.7. The van der Waals surface area contributed by atoms with Gasteiger partial charge in [0.05, 0.1) is 15.5 Å². The Balaban J connectivity index is 1.94. The average Bonchev–Trinajstić information content (AvgIpc) is 2.68. The van der Waals surface area contributed by atoms with Crippen LogP contribution in [0.5, 0.6) is 0 Å². The molecule has 0 spiro atoms. The number of Topliss-reactive ketones (excluding diaryl/α,β-unsaturated/α-hetero) is 1. The van der Waals surface area contributed by atoms with E-state index < -0.39 is 32.7 Å². The summed E-state index contributed by atoms with van der Waals surface area (Å²) in [5, 5.41) is 1.87. The first-order valence-corrected chi connectivity index (χ1v) is 10.9. The predicted octanol–water partition coefficient (Wildman–Crippen LogP) is 4.60. The van der Waals surface area contributed by atoms with E-state index in [0.717, 1.165) is 16.4 Å². The molecule has 2 aromatic rings. The summed E-state index contributed by atoms with van der Waals surface area (Å²) in [6.07, 6.45) is -4.61. The standard InChI is InChI=1S/C20H20ClF3N2O4S/c1-13(27)14-5-8-16(9-6-14)31(29,30)26(2)11-3-4-19(28)25-15-7-10-18(21)17(12-15)20(22,23)24/h5-10,12H,3-4,11H2,1-2H3,(H,25,28). The van der Waals surface area contributed by atoms with E-state index in [1.807, 2.05) is 0 Å². The van der Waals surface area contributed by atoms with Gasteiger partial charge < -0.3 is 5.32 Å². The van der Waals surface area contributed by atoms with Gasteiger partial charge in [-0.1, -0.05) is 23.7 Å². The van der Waals surface area contributed by atoms with Crippen LogP contribution in [0, 0.1) is 0 Å². The molecular weight excluding hydrogens is 457 g/mol. The molecule has 0 atom stereocenters. The minimum absolute atomic E-state index is 0.00490. The van der Waals surface area contributed by atoms with E-state index in [9.17, 15) is 31.2 Å². The zero-order valence-corrected chi connectivity index (χ0v) is 18.2. The third-order valence-corrected chi connectivity index (χ3v) is 6.60. The molecule has 0 aliphatic carbocycles. The maximum atomic E-state index is 12.9. The fraction of sp³-hybridized carbons (Fsp3) is 0.300. The van der Waals surface area contributed by atoms with Crippen molar-refractivity contribution in [3.63, 3.8) is 0 Å². The van der Waals surface area contributed by atoms with Crippen molar-refractivity contribution >= 4 is 39.0 Å². The van der Waals surface area contributed by atoms with Crippen LogP contribution in [0.1, 0.15) is 35.7 Å². The summed E-state index contributed by atoms with van der Waals surface area (Å²) in [5.74, 6) is -0.751. The second-order valence-electron chi connectivity index (χ2n) is 6.75. The third kappa shape index (κ3) is 6.52. The summed E-state index contributed by atoms with van der Waals surface area (Å²) in [4.78, 5) is 23.3. The topological polar surface area (TPSA) is 83.6 Å². The molecular formula is C20H20ClF3N2O4S. The molecule has 0 unspecified atom stereocenters. The fourth-order valence-electron chi connectivity index (χ4n) is 2.67. The van der Waals surface area contributed by atoms with Gasteiger partial charge in [0.1, 0.15) is 0 Å². The Morgan fingerprint density at radius 3 is 2.26 bits per heavy atom. The number of alkyl halides is 3. The molecule has 0 heterocycles. The molecule has 31 heavy (non-hydrogen) atoms. The van der Waals surface area contributed by atoms with Gasteiger partial charge in [-0.25, -0.2) is 12.7 Å². The molecule has 1 amide bonds. The van der Waals surface area contributed by atoms with Crippen LogP contribution in [0.25, 0.3) is 0 Å². The van der Waals surface area contributed by atoms with Crippen LogP contribution in [0.2, 0.25) is 5.02 Å². The highest BCUT2D eigenvalue weighted by molar-refractivity contribution is 7.89. The van der Waals surface area contributed by atoms with Gasteiger partial charge >= 0.3 is 6.18 Å². The number of carbonyl (C=O) groups is 2. The van der Waals surface area contributed by atoms with Crippen molar-refractivity contribution in [2.75, 3.05) is 18.9 Å². The normalized spacial score (nSPS) is 12.1. The predicted molar refractivity (Wildman–Crippen MR) is 111 cm³/mol. The van der Waals surface area contributed by atoms with Crippen molar-refractivity contribution in [2.45, 2.75) is 30.8 Å². The number of rotatable bonds is 8. The van der Waals surface area contributed by atoms with E-state index in [4.69, 9.17) is 11.6 Å². The van der Waals surface area contributed by atoms with Crippen molar-refractivity contribution in [3.05, 3.63) is 58.6 Å². The van der Waals surface area contributed by atoms with Gasteiger partial charge in [0.15, 0.2) is 5.78 Å². The fourth-order valence-corrected chi connectivity index (χ4v) is 4.10. The number of anilines is 1. The molecule has 0 saturated carbocycles. The summed E-state index contributed by atoms with van der Waals surface area (Å²) >= 11 is 5.54. The quantitative estimate of drug-likeness (QED) is 0.564. The van der Waals surface area contributed by atoms with Gasteiger partial charge in [-0.2, -0.15) is 13.2 Å². The minimum atomic E-state index is -4.66. The van der Waals surface area contributed by atoms with Crippen molar-refractivity contribution in [1.82, 2.24) is 4.31 Å². The van der Waals surface area contributed by atoms with E-state index in [1.165, 1.54) is 44.3 Å². The highest BCUT2D eigenvalue weighted by Crippen LogP contribution is 2.36. The first-order valence-electron chi connectivity index (χ1n) is 9.06. The smallest absolute Gasteiger partial charge is 0.326 e. The molecule has 0 bridgehead atoms. The summed E-state index contributed by atoms with van der Waals surface area (Å²) in [7, 11) is -2.47. The summed E-state index contributed by atoms with van der Waals surface area (Å²) in [5.41, 5.74) is -0.740. The highest BCUT2D eigenvalue weighted by Gasteiger charge is 2.33. The van der Waals surface area contributed by atoms with E-state index in [2.05, 4.69) is 5.32 Å². The largest absolute Gasteiger partial charge is 0.417 e. The first kappa shape index (κ1) is 24.8. The number of nitrogens with one attached hydrogen (secondary N) is 1. The SMILES string of the molecule is CC(=O)c1ccc(S(=O)(=O)N(C)CCCC(=O)Nc2ccc(Cl)c(C(F)(F)F)c2)cc1. The number of sulfonamides is 1. The number of hydrogen-bond donors (Lipinski definition) is 1. The summed E-state index contributed by atoms with van der Waals surface area (Å²) in [6.45, 7) is 1.38. The van der Waals surface area contributed by atoms with E-state index in [1.54, 1.807) is 0 Å². The Morgan fingerprint density at radius 1 is 1.10 bits per heavy atom. The number of hydrogen-bond acceptors (Lipinski definition) is 4. The molecule has 0 aromatic heterocycles. The minimum Gasteiger partial charge on any atom is -0.326 e. The van der Waals surface area contributed by atoms with Crippen LogP contribution in [-0.2, 0) is 21.0 Å². The van der Waals surface area contributed by atoms with Crippen molar-refractivity contribution in [1.29, 1.82) is 0 Å². The second kappa shape index (κ2) is 9.80. The lowest BCUT2D eigenvalue weighted by Gasteiger charge is -2.17. The van der Waals surface area contributed by atoms with Crippen LogP contribution >= 0.6 is 11.6 Å². The van der Waals surface area contributed by atoms with Gasteiger partial charge in [0.2, 0.25) is 15.9 Å². The number of carbonyl (C=O) groups excluding carboxylic acids is 2. The average molecular weight is 477 g/mol. The molecule has 0 fully saturated rings. The van der Waals surface area contributed by atoms with Crippen molar-refractivity contribution in [3.8, 4) is 0 Å². The molecule has 0 saturated heterocycles. The molecule has 2 rings (SSSR count). The summed E-state index contributed by atoms with van der Waals surface area (Å²) < 4.78 is 64.9. The highest BCUT2D eigenvalue weighted by atomic mass is 35.5. The van der Waals surface area contributed by atoms with Gasteiger partial charge in [-0.05, 0) is 43.7 Å². The van der Waals surface area contributed by atoms with Gasteiger partial charge in [-0.3, -0.25) is 9.59 Å². The Bertz CT molecular complexity index is 1070. The van der Waals surface area contributed by atoms with Gasteiger partial charge in [-0.15, -0.1) is 0 Å². The Hall–Kier alpha value is -2.43. The lowest BCUT2D eigenvalue weighted by molar-refractivity contribution is -0.137. The van der Waals surface area contributed by atoms with Gasteiger partial charge in [0, 0.05) is 31.3 Å². The van der Waals surface area contributed by atoms with E-state index in [-0.39, 0.29) is 35.8 Å². The Labute approximate surface area is 183 Å². The van der Waals surface area contributed by atoms with Crippen LogP contribution in [0.4, 0.5) is 18.9 Å². The maximum absolute atomic E-state index is 12.9. The lowest BCUT2D eigenvalue weighted by atomic mass is 10.2. The first-order chi connectivity index (χ1) is 14.3. The lowest BCUT2D eigenvalue weighted by Crippen LogP contribution is -2.28. The molecule has 1 N–H and O–H groups in total. The molecule has 2 aromatic carbocycles. The van der Waals surface area contributed by atoms with Crippen LogP contribution in [0.3, 0.4) is 0 Å². The maximum Gasteiger partial charge on any atom is 0.417 e. The van der Waals surface area contributed by atoms with Gasteiger partial charge in [0.25, 0.3) is 0 Å². The monoisotopic (exact) mass is 476 g/mol. The second-order valence-corrected chi connectivity index (χ2v) is 9.20. The van der Waals surface area contributed by atoms with Crippen LogP contribution in [0.15, 0.2) is 47.4 Å². The molecule has 168 valence electrons. The molecule has 11 heteroatoms. The number of ketones is 1. The Morgan fingerprint density at radius 2 is 1.71 bits per heavy atom.